The Morgan fingerprint density at radius 3 is 2.11 bits per heavy atom. The van der Waals surface area contributed by atoms with Crippen molar-refractivity contribution in [2.24, 2.45) is 5.92 Å². The van der Waals surface area contributed by atoms with Gasteiger partial charge < -0.3 is 0 Å². The first kappa shape index (κ1) is 12.3. The molecule has 1 nitrogen and oxygen atoms in total. The van der Waals surface area contributed by atoms with E-state index >= 15 is 0 Å². The van der Waals surface area contributed by atoms with Gasteiger partial charge in [-0.05, 0) is 13.0 Å². The highest BCUT2D eigenvalue weighted by molar-refractivity contribution is 7.91. The van der Waals surface area contributed by atoms with Crippen LogP contribution in [0.5, 0.6) is 0 Å². The second-order valence-electron chi connectivity index (χ2n) is 2.27. The van der Waals surface area contributed by atoms with Crippen LogP contribution in [0.15, 0.2) is 0 Å². The Bertz CT molecular complexity index is 60.9. The largest absolute Gasteiger partial charge is 0.225 e. The molecule has 0 aliphatic rings. The molecule has 0 saturated heterocycles. The summed E-state index contributed by atoms with van der Waals surface area (Å²) >= 11 is 0.286. The molecule has 58 valence electrons. The molecule has 9 heavy (non-hydrogen) atoms. The van der Waals surface area contributed by atoms with E-state index in [1.807, 2.05) is 0 Å². The van der Waals surface area contributed by atoms with Gasteiger partial charge in [-0.3, -0.25) is 0 Å². The van der Waals surface area contributed by atoms with Crippen LogP contribution in [-0.2, 0) is 0 Å². The van der Waals surface area contributed by atoms with E-state index in [0.29, 0.717) is 5.92 Å². The monoisotopic (exact) mass is 171 g/mol. The molecule has 0 amide bonds. The first-order valence-corrected chi connectivity index (χ1v) is 3.34. The zero-order chi connectivity index (χ0) is 6.57. The second-order valence-corrected chi connectivity index (χ2v) is 3.03. The maximum atomic E-state index is 11.6. The van der Waals surface area contributed by atoms with Gasteiger partial charge in [0, 0.05) is 6.54 Å². The maximum Gasteiger partial charge on any atom is 0.134 e. The highest BCUT2D eigenvalue weighted by Gasteiger charge is 1.99. The molecule has 0 unspecified atom stereocenters. The number of halogens is 1. The van der Waals surface area contributed by atoms with E-state index in [9.17, 15) is 3.89 Å². The minimum Gasteiger partial charge on any atom is -0.225 e. The average Bonchev–Trinajstić information content (AvgIpc) is 1.65. The number of hydrogen-bond acceptors (Lipinski definition) is 2. The SMILES string of the molecule is CC(C)CN(C)SF.S. The molecule has 0 bridgehead atoms. The third-order valence-corrected chi connectivity index (χ3v) is 1.12. The average molecular weight is 171 g/mol. The van der Waals surface area contributed by atoms with Gasteiger partial charge in [0.1, 0.15) is 12.3 Å². The van der Waals surface area contributed by atoms with E-state index in [2.05, 4.69) is 13.8 Å². The Balaban J connectivity index is 0. The van der Waals surface area contributed by atoms with Gasteiger partial charge in [0.15, 0.2) is 0 Å². The Kier molecular flexibility index (Phi) is 9.15. The zero-order valence-corrected chi connectivity index (χ0v) is 7.83. The minimum absolute atomic E-state index is 0. The molecule has 0 aromatic heterocycles. The third kappa shape index (κ3) is 8.59. The molecular formula is C5H14FNS2. The van der Waals surface area contributed by atoms with Crippen LogP contribution in [0, 0.1) is 5.92 Å². The van der Waals surface area contributed by atoms with Crippen LogP contribution < -0.4 is 0 Å². The van der Waals surface area contributed by atoms with Gasteiger partial charge in [-0.25, -0.2) is 4.31 Å². The van der Waals surface area contributed by atoms with Gasteiger partial charge >= 0.3 is 0 Å². The van der Waals surface area contributed by atoms with Crippen LogP contribution in [-0.4, -0.2) is 17.9 Å². The lowest BCUT2D eigenvalue weighted by Gasteiger charge is -2.11. The molecule has 0 aromatic rings. The van der Waals surface area contributed by atoms with Crippen LogP contribution in [0.25, 0.3) is 0 Å². The lowest BCUT2D eigenvalue weighted by atomic mass is 10.2. The van der Waals surface area contributed by atoms with Gasteiger partial charge in [-0.1, -0.05) is 13.8 Å². The van der Waals surface area contributed by atoms with Crippen LogP contribution in [0.4, 0.5) is 3.89 Å². The highest BCUT2D eigenvalue weighted by Crippen LogP contribution is 2.08. The maximum absolute atomic E-state index is 11.6. The van der Waals surface area contributed by atoms with Gasteiger partial charge in [0.05, 0.1) is 0 Å². The Morgan fingerprint density at radius 2 is 2.00 bits per heavy atom. The van der Waals surface area contributed by atoms with E-state index in [4.69, 9.17) is 0 Å². The molecule has 0 aliphatic heterocycles. The molecule has 0 spiro atoms. The molecule has 0 fully saturated rings. The molecule has 0 saturated carbocycles. The first-order valence-electron chi connectivity index (χ1n) is 2.66. The lowest BCUT2D eigenvalue weighted by molar-refractivity contribution is 0.456. The molecule has 0 N–H and O–H groups in total. The van der Waals surface area contributed by atoms with Crippen LogP contribution >= 0.6 is 25.8 Å². The fourth-order valence-corrected chi connectivity index (χ4v) is 0.897. The summed E-state index contributed by atoms with van der Waals surface area (Å²) in [5.74, 6) is 0.545. The fraction of sp³-hybridized carbons (Fsp3) is 1.00. The predicted octanol–water partition coefficient (Wildman–Crippen LogP) is 2.22. The summed E-state index contributed by atoms with van der Waals surface area (Å²) in [6, 6.07) is 0. The summed E-state index contributed by atoms with van der Waals surface area (Å²) < 4.78 is 13.2. The van der Waals surface area contributed by atoms with Crippen LogP contribution in [0.3, 0.4) is 0 Å². The Hall–Kier alpha value is 0.590. The van der Waals surface area contributed by atoms with Crippen molar-refractivity contribution < 1.29 is 3.89 Å². The Morgan fingerprint density at radius 1 is 1.56 bits per heavy atom. The van der Waals surface area contributed by atoms with Gasteiger partial charge in [0.2, 0.25) is 0 Å². The smallest absolute Gasteiger partial charge is 0.134 e. The van der Waals surface area contributed by atoms with Crippen molar-refractivity contribution in [3.05, 3.63) is 0 Å². The summed E-state index contributed by atoms with van der Waals surface area (Å²) in [6.07, 6.45) is 0. The lowest BCUT2D eigenvalue weighted by Crippen LogP contribution is -2.13. The molecular weight excluding hydrogens is 157 g/mol. The van der Waals surface area contributed by atoms with E-state index in [1.165, 1.54) is 0 Å². The van der Waals surface area contributed by atoms with Crippen molar-refractivity contribution in [1.29, 1.82) is 0 Å². The van der Waals surface area contributed by atoms with Gasteiger partial charge in [-0.15, -0.1) is 3.89 Å². The molecule has 0 rings (SSSR count). The highest BCUT2D eigenvalue weighted by atomic mass is 32.2. The predicted molar refractivity (Wildman–Crippen MR) is 46.5 cm³/mol. The first-order chi connectivity index (χ1) is 3.66. The topological polar surface area (TPSA) is 3.24 Å². The molecule has 0 aromatic carbocycles. The molecule has 0 atom stereocenters. The Labute approximate surface area is 67.9 Å². The molecule has 0 radical (unpaired) electrons. The van der Waals surface area contributed by atoms with Crippen molar-refractivity contribution in [2.75, 3.05) is 13.6 Å². The van der Waals surface area contributed by atoms with Crippen molar-refractivity contribution in [2.45, 2.75) is 13.8 Å². The van der Waals surface area contributed by atoms with Crippen LogP contribution in [0.2, 0.25) is 0 Å². The quantitative estimate of drug-likeness (QED) is 0.599. The summed E-state index contributed by atoms with van der Waals surface area (Å²) in [7, 11) is 1.74. The van der Waals surface area contributed by atoms with Gasteiger partial charge in [0.25, 0.3) is 0 Å². The van der Waals surface area contributed by atoms with Gasteiger partial charge in [-0.2, -0.15) is 13.5 Å². The second kappa shape index (κ2) is 6.71. The molecule has 0 aliphatic carbocycles. The summed E-state index contributed by atoms with van der Waals surface area (Å²) in [5, 5.41) is 0. The van der Waals surface area contributed by atoms with E-state index in [0.717, 1.165) is 6.54 Å². The van der Waals surface area contributed by atoms with Crippen molar-refractivity contribution in [3.8, 4) is 0 Å². The summed E-state index contributed by atoms with van der Waals surface area (Å²) in [6.45, 7) is 4.93. The minimum atomic E-state index is 0. The number of nitrogens with zero attached hydrogens (tertiary/aromatic N) is 1. The summed E-state index contributed by atoms with van der Waals surface area (Å²) in [4.78, 5) is 0. The zero-order valence-electron chi connectivity index (χ0n) is 6.02. The van der Waals surface area contributed by atoms with Crippen molar-refractivity contribution in [1.82, 2.24) is 4.31 Å². The third-order valence-electron chi connectivity index (χ3n) is 0.740. The molecule has 0 heterocycles. The number of rotatable bonds is 3. The normalized spacial score (nSPS) is 10.0. The molecule has 4 heteroatoms. The van der Waals surface area contributed by atoms with E-state index in [-0.39, 0.29) is 25.8 Å². The van der Waals surface area contributed by atoms with E-state index < -0.39 is 0 Å². The fourth-order valence-electron chi connectivity index (χ4n) is 0.542. The van der Waals surface area contributed by atoms with Crippen LogP contribution in [0.1, 0.15) is 13.8 Å². The standard InChI is InChI=1S/C5H12FNS.H2S/c1-5(2)4-7(3)8-6;/h5H,4H2,1-3H3;1H2. The summed E-state index contributed by atoms with van der Waals surface area (Å²) in [5.41, 5.74) is 0. The van der Waals surface area contributed by atoms with Crippen molar-refractivity contribution >= 4 is 25.8 Å². The van der Waals surface area contributed by atoms with E-state index in [1.54, 1.807) is 11.4 Å². The number of hydrogen-bond donors (Lipinski definition) is 0. The van der Waals surface area contributed by atoms with Crippen molar-refractivity contribution in [3.63, 3.8) is 0 Å².